The van der Waals surface area contributed by atoms with Gasteiger partial charge in [-0.25, -0.2) is 0 Å². The molecule has 0 radical (unpaired) electrons. The van der Waals surface area contributed by atoms with E-state index in [1.807, 2.05) is 26.2 Å². The van der Waals surface area contributed by atoms with Crippen LogP contribution in [0.4, 0.5) is 0 Å². The van der Waals surface area contributed by atoms with E-state index in [0.717, 1.165) is 5.56 Å². The fraction of sp³-hybridized carbons (Fsp3) is 0.667. The molecule has 2 saturated carbocycles. The van der Waals surface area contributed by atoms with Crippen molar-refractivity contribution in [2.24, 2.45) is 36.1 Å². The number of hydrogen-bond acceptors (Lipinski definition) is 7. The van der Waals surface area contributed by atoms with Gasteiger partial charge in [0.05, 0.1) is 18.4 Å². The Kier molecular flexibility index (Phi) is 5.30. The lowest BCUT2D eigenvalue weighted by Gasteiger charge is -2.50. The lowest BCUT2D eigenvalue weighted by Crippen LogP contribution is -2.61. The molecule has 4 aliphatic carbocycles. The maximum Gasteiger partial charge on any atom is 0.306 e. The Bertz CT molecular complexity index is 1150. The van der Waals surface area contributed by atoms with Crippen molar-refractivity contribution in [1.29, 1.82) is 0 Å². The number of carbonyl (C=O) groups is 2. The Hall–Kier alpha value is -2.29. The second kappa shape index (κ2) is 7.60. The number of carbonyl (C=O) groups excluding carboxylic acids is 2. The van der Waals surface area contributed by atoms with Crippen LogP contribution in [0.25, 0.3) is 0 Å². The highest BCUT2D eigenvalue weighted by Gasteiger charge is 2.83. The maximum absolute atomic E-state index is 13.0. The summed E-state index contributed by atoms with van der Waals surface area (Å²) in [5.41, 5.74) is -2.43. The van der Waals surface area contributed by atoms with Gasteiger partial charge in [-0.2, -0.15) is 5.10 Å². The zero-order chi connectivity index (χ0) is 25.6. The molecule has 8 heteroatoms. The van der Waals surface area contributed by atoms with Crippen molar-refractivity contribution in [2.75, 3.05) is 6.61 Å². The van der Waals surface area contributed by atoms with E-state index in [2.05, 4.69) is 18.9 Å². The van der Waals surface area contributed by atoms with Crippen molar-refractivity contribution in [2.45, 2.75) is 70.2 Å². The van der Waals surface area contributed by atoms with Gasteiger partial charge in [0, 0.05) is 49.3 Å². The molecule has 1 heterocycles. The first kappa shape index (κ1) is 24.4. The molecule has 0 amide bonds. The summed E-state index contributed by atoms with van der Waals surface area (Å²) >= 11 is 0. The number of esters is 1. The molecular weight excluding hydrogens is 448 g/mol. The van der Waals surface area contributed by atoms with Gasteiger partial charge in [-0.3, -0.25) is 14.3 Å². The summed E-state index contributed by atoms with van der Waals surface area (Å²) in [7, 11) is 1.83. The van der Waals surface area contributed by atoms with Crippen LogP contribution in [0.3, 0.4) is 0 Å². The number of Topliss-reactive ketones (excluding diaryl/α,β-unsaturated/α-hetero) is 1. The molecule has 0 aliphatic heterocycles. The Balaban J connectivity index is 1.48. The summed E-state index contributed by atoms with van der Waals surface area (Å²) in [6.45, 7) is 7.36. The van der Waals surface area contributed by atoms with Gasteiger partial charge in [0.25, 0.3) is 0 Å². The van der Waals surface area contributed by atoms with Crippen LogP contribution in [0.15, 0.2) is 35.7 Å². The zero-order valence-corrected chi connectivity index (χ0v) is 21.1. The largest absolute Gasteiger partial charge is 0.458 e. The Morgan fingerprint density at radius 2 is 2.00 bits per heavy atom. The summed E-state index contributed by atoms with van der Waals surface area (Å²) in [6.07, 6.45) is 8.36. The minimum absolute atomic E-state index is 0.0165. The van der Waals surface area contributed by atoms with Crippen LogP contribution in [0.5, 0.6) is 0 Å². The highest BCUT2D eigenvalue weighted by atomic mass is 16.6. The standard InChI is InChI=1S/C27H36N2O6/c1-15-8-20-25(33,23(15)32)11-18(14-30)9-19-22-24(3,4)26(22,10-16(2)27(19,20)34)35-21(31)7-6-17-12-28-29(5)13-17/h8-9,12-13,16,19-20,22,30,33-34H,6-7,10-11,14H2,1-5H3/t16-,19+,20-,22+,25-,26+,27-/m1/s1. The van der Waals surface area contributed by atoms with Crippen LogP contribution >= 0.6 is 0 Å². The first-order valence-corrected chi connectivity index (χ1v) is 12.5. The van der Waals surface area contributed by atoms with Crippen LogP contribution in [-0.2, 0) is 27.8 Å². The number of aryl methyl sites for hydroxylation is 2. The van der Waals surface area contributed by atoms with Crippen molar-refractivity contribution in [1.82, 2.24) is 9.78 Å². The van der Waals surface area contributed by atoms with Crippen molar-refractivity contribution in [3.8, 4) is 0 Å². The number of nitrogens with zero attached hydrogens (tertiary/aromatic N) is 2. The fourth-order valence-corrected chi connectivity index (χ4v) is 7.70. The predicted molar refractivity (Wildman–Crippen MR) is 127 cm³/mol. The Morgan fingerprint density at radius 1 is 1.29 bits per heavy atom. The fourth-order valence-electron chi connectivity index (χ4n) is 7.70. The van der Waals surface area contributed by atoms with Gasteiger partial charge in [-0.1, -0.05) is 32.9 Å². The molecular formula is C27H36N2O6. The molecule has 7 atom stereocenters. The first-order chi connectivity index (χ1) is 16.3. The van der Waals surface area contributed by atoms with E-state index in [9.17, 15) is 24.9 Å². The quantitative estimate of drug-likeness (QED) is 0.431. The van der Waals surface area contributed by atoms with E-state index in [1.165, 1.54) is 0 Å². The summed E-state index contributed by atoms with van der Waals surface area (Å²) in [5, 5.41) is 38.1. The van der Waals surface area contributed by atoms with Crippen LogP contribution in [0.1, 0.15) is 52.5 Å². The van der Waals surface area contributed by atoms with Gasteiger partial charge in [0.1, 0.15) is 11.2 Å². The second-order valence-corrected chi connectivity index (χ2v) is 11.8. The molecule has 3 N–H and O–H groups in total. The molecule has 4 aliphatic rings. The third-order valence-corrected chi connectivity index (χ3v) is 9.55. The molecule has 0 unspecified atom stereocenters. The highest BCUT2D eigenvalue weighted by molar-refractivity contribution is 6.04. The average Bonchev–Trinajstić information content (AvgIpc) is 3.03. The van der Waals surface area contributed by atoms with Gasteiger partial charge >= 0.3 is 5.97 Å². The molecule has 0 bridgehead atoms. The molecule has 1 aromatic rings. The molecule has 0 aromatic carbocycles. The molecule has 2 fully saturated rings. The number of aromatic nitrogens is 2. The van der Waals surface area contributed by atoms with Crippen LogP contribution in [0, 0.1) is 29.1 Å². The van der Waals surface area contributed by atoms with Crippen LogP contribution in [-0.4, -0.2) is 60.3 Å². The average molecular weight is 485 g/mol. The third-order valence-electron chi connectivity index (χ3n) is 9.55. The van der Waals surface area contributed by atoms with Crippen molar-refractivity contribution >= 4 is 11.8 Å². The molecule has 5 rings (SSSR count). The van der Waals surface area contributed by atoms with E-state index in [4.69, 9.17) is 4.74 Å². The third kappa shape index (κ3) is 3.19. The second-order valence-electron chi connectivity index (χ2n) is 11.8. The number of ketones is 1. The molecule has 190 valence electrons. The number of aliphatic hydroxyl groups is 3. The van der Waals surface area contributed by atoms with Gasteiger partial charge in [0.15, 0.2) is 5.78 Å². The van der Waals surface area contributed by atoms with Crippen LogP contribution in [0.2, 0.25) is 0 Å². The number of fused-ring (bicyclic) bond motifs is 5. The lowest BCUT2D eigenvalue weighted by molar-refractivity contribution is -0.187. The number of ether oxygens (including phenoxy) is 1. The smallest absolute Gasteiger partial charge is 0.306 e. The summed E-state index contributed by atoms with van der Waals surface area (Å²) < 4.78 is 7.94. The van der Waals surface area contributed by atoms with E-state index in [1.54, 1.807) is 23.9 Å². The molecule has 0 saturated heterocycles. The van der Waals surface area contributed by atoms with Gasteiger partial charge in [-0.05, 0) is 42.4 Å². The van der Waals surface area contributed by atoms with E-state index >= 15 is 0 Å². The Morgan fingerprint density at radius 3 is 2.63 bits per heavy atom. The monoisotopic (exact) mass is 484 g/mol. The first-order valence-electron chi connectivity index (χ1n) is 12.5. The zero-order valence-electron chi connectivity index (χ0n) is 21.1. The minimum Gasteiger partial charge on any atom is -0.458 e. The van der Waals surface area contributed by atoms with Crippen LogP contribution < -0.4 is 0 Å². The van der Waals surface area contributed by atoms with E-state index < -0.39 is 39.8 Å². The lowest BCUT2D eigenvalue weighted by atomic mass is 9.60. The topological polar surface area (TPSA) is 122 Å². The SMILES string of the molecule is CC1=C[C@H]2[C@@]3(O)[C@H](C)C[C@]4(OC(=O)CCc5cnn(C)c5)[C@@H]([C@@H]3C=C(CO)C[C@]2(O)C1=O)C4(C)C. The summed E-state index contributed by atoms with van der Waals surface area (Å²) in [6, 6.07) is 0. The highest BCUT2D eigenvalue weighted by Crippen LogP contribution is 2.76. The molecule has 1 aromatic heterocycles. The number of hydrogen-bond donors (Lipinski definition) is 3. The van der Waals surface area contributed by atoms with Gasteiger partial charge in [0.2, 0.25) is 0 Å². The molecule has 0 spiro atoms. The molecule has 8 nitrogen and oxygen atoms in total. The summed E-state index contributed by atoms with van der Waals surface area (Å²) in [4.78, 5) is 26.0. The minimum atomic E-state index is -1.78. The van der Waals surface area contributed by atoms with Crippen molar-refractivity contribution in [3.05, 3.63) is 41.3 Å². The number of rotatable bonds is 5. The normalized spacial score (nSPS) is 41.2. The van der Waals surface area contributed by atoms with Crippen molar-refractivity contribution < 1.29 is 29.6 Å². The predicted octanol–water partition coefficient (Wildman–Crippen LogP) is 1.88. The van der Waals surface area contributed by atoms with E-state index in [-0.39, 0.29) is 37.3 Å². The van der Waals surface area contributed by atoms with E-state index in [0.29, 0.717) is 24.0 Å². The maximum atomic E-state index is 13.0. The van der Waals surface area contributed by atoms with Gasteiger partial charge in [-0.15, -0.1) is 0 Å². The van der Waals surface area contributed by atoms with Crippen molar-refractivity contribution in [3.63, 3.8) is 0 Å². The molecule has 35 heavy (non-hydrogen) atoms. The summed E-state index contributed by atoms with van der Waals surface area (Å²) in [5.74, 6) is -2.52. The number of aliphatic hydroxyl groups excluding tert-OH is 1. The Labute approximate surface area is 205 Å². The van der Waals surface area contributed by atoms with Gasteiger partial charge < -0.3 is 20.1 Å².